The lowest BCUT2D eigenvalue weighted by molar-refractivity contribution is 0.563. The van der Waals surface area contributed by atoms with Crippen LogP contribution < -0.4 is 10.6 Å². The van der Waals surface area contributed by atoms with Crippen LogP contribution in [0, 0.1) is 6.92 Å². The molecule has 1 atom stereocenters. The number of aryl methyl sites for hydroxylation is 1. The fourth-order valence-electron chi connectivity index (χ4n) is 3.47. The third-order valence-corrected chi connectivity index (χ3v) is 4.60. The van der Waals surface area contributed by atoms with Gasteiger partial charge in [-0.15, -0.1) is 12.4 Å². The Hall–Kier alpha value is -1.92. The Morgan fingerprint density at radius 1 is 1.17 bits per heavy atom. The Morgan fingerprint density at radius 3 is 2.62 bits per heavy atom. The third-order valence-electron chi connectivity index (χ3n) is 4.60. The number of hydrogen-bond donors (Lipinski definition) is 1. The Morgan fingerprint density at radius 2 is 1.92 bits per heavy atom. The van der Waals surface area contributed by atoms with Crippen molar-refractivity contribution in [3.63, 3.8) is 0 Å². The van der Waals surface area contributed by atoms with E-state index in [0.717, 1.165) is 41.2 Å². The number of aromatic nitrogens is 4. The van der Waals surface area contributed by atoms with Crippen molar-refractivity contribution in [2.75, 3.05) is 18.0 Å². The average molecular weight is 347 g/mol. The van der Waals surface area contributed by atoms with Crippen LogP contribution in [0.3, 0.4) is 0 Å². The molecule has 1 aliphatic rings. The van der Waals surface area contributed by atoms with Gasteiger partial charge >= 0.3 is 0 Å². The van der Waals surface area contributed by atoms with Gasteiger partial charge in [-0.3, -0.25) is 0 Å². The third kappa shape index (κ3) is 2.70. The number of piperidine rings is 1. The molecule has 3 heterocycles. The molecule has 2 aromatic heterocycles. The summed E-state index contributed by atoms with van der Waals surface area (Å²) < 4.78 is 1.87. The minimum Gasteiger partial charge on any atom is -0.341 e. The Bertz CT molecular complexity index is 866. The van der Waals surface area contributed by atoms with Crippen molar-refractivity contribution in [3.05, 3.63) is 29.6 Å². The van der Waals surface area contributed by atoms with Crippen molar-refractivity contribution in [2.24, 2.45) is 5.73 Å². The number of benzene rings is 1. The van der Waals surface area contributed by atoms with E-state index in [1.54, 1.807) is 6.33 Å². The second-order valence-corrected chi connectivity index (χ2v) is 6.49. The van der Waals surface area contributed by atoms with E-state index in [1.165, 1.54) is 24.8 Å². The van der Waals surface area contributed by atoms with Crippen molar-refractivity contribution in [1.82, 2.24) is 19.6 Å². The van der Waals surface area contributed by atoms with Gasteiger partial charge in [0.05, 0.1) is 5.52 Å². The van der Waals surface area contributed by atoms with Gasteiger partial charge in [-0.25, -0.2) is 9.97 Å². The minimum absolute atomic E-state index is 0. The number of rotatable bonds is 2. The number of halogens is 1. The number of nitrogens with zero attached hydrogens (tertiary/aromatic N) is 5. The predicted molar refractivity (Wildman–Crippen MR) is 98.9 cm³/mol. The summed E-state index contributed by atoms with van der Waals surface area (Å²) in [4.78, 5) is 11.8. The number of anilines is 1. The predicted octanol–water partition coefficient (Wildman–Crippen LogP) is 3.02. The summed E-state index contributed by atoms with van der Waals surface area (Å²) in [6.07, 6.45) is 5.29. The molecule has 0 unspecified atom stereocenters. The van der Waals surface area contributed by atoms with Crippen LogP contribution in [0.15, 0.2) is 18.5 Å². The van der Waals surface area contributed by atoms with E-state index >= 15 is 0 Å². The molecular weight excluding hydrogens is 324 g/mol. The van der Waals surface area contributed by atoms with Gasteiger partial charge in [0, 0.05) is 24.5 Å². The summed E-state index contributed by atoms with van der Waals surface area (Å²) in [5.74, 6) is 0.885. The Balaban J connectivity index is 0.00000169. The van der Waals surface area contributed by atoms with Crippen molar-refractivity contribution >= 4 is 34.9 Å². The average Bonchev–Trinajstić information content (AvgIpc) is 3.04. The molecule has 7 heteroatoms. The molecule has 6 nitrogen and oxygen atoms in total. The first-order valence-electron chi connectivity index (χ1n) is 8.29. The molecule has 1 saturated heterocycles. The van der Waals surface area contributed by atoms with Crippen LogP contribution in [0.4, 0.5) is 5.95 Å². The van der Waals surface area contributed by atoms with Gasteiger partial charge in [-0.1, -0.05) is 6.07 Å². The van der Waals surface area contributed by atoms with E-state index in [2.05, 4.69) is 34.0 Å². The molecule has 0 amide bonds. The highest BCUT2D eigenvalue weighted by Gasteiger charge is 2.20. The van der Waals surface area contributed by atoms with E-state index in [9.17, 15) is 0 Å². The first-order chi connectivity index (χ1) is 11.1. The maximum Gasteiger partial charge on any atom is 0.229 e. The van der Waals surface area contributed by atoms with Gasteiger partial charge in [-0.05, 0) is 50.3 Å². The monoisotopic (exact) mass is 346 g/mol. The SMILES string of the molecule is Cc1cc([C@@H](C)N)c2nc(N3CCCCC3)n3ncnc3c2c1.Cl. The molecule has 3 aromatic rings. The zero-order chi connectivity index (χ0) is 16.0. The van der Waals surface area contributed by atoms with Gasteiger partial charge in [0.1, 0.15) is 6.33 Å². The zero-order valence-electron chi connectivity index (χ0n) is 14.1. The standard InChI is InChI=1S/C17H22N6.ClH/c1-11-8-13(12(2)18)15-14(9-11)16-19-10-20-23(16)17(21-15)22-6-4-3-5-7-22;/h8-10,12H,3-7,18H2,1-2H3;1H/t12-;/m1./s1. The molecule has 2 N–H and O–H groups in total. The van der Waals surface area contributed by atoms with Crippen LogP contribution in [0.1, 0.15) is 43.4 Å². The van der Waals surface area contributed by atoms with Crippen LogP contribution in [0.5, 0.6) is 0 Å². The van der Waals surface area contributed by atoms with Gasteiger partial charge in [0.15, 0.2) is 5.65 Å². The van der Waals surface area contributed by atoms with Crippen LogP contribution in [-0.4, -0.2) is 32.7 Å². The maximum atomic E-state index is 6.20. The topological polar surface area (TPSA) is 72.3 Å². The number of nitrogens with two attached hydrogens (primary N) is 1. The largest absolute Gasteiger partial charge is 0.341 e. The molecule has 0 aliphatic carbocycles. The molecule has 0 saturated carbocycles. The van der Waals surface area contributed by atoms with E-state index < -0.39 is 0 Å². The highest BCUT2D eigenvalue weighted by molar-refractivity contribution is 5.95. The van der Waals surface area contributed by atoms with Crippen LogP contribution in [0.2, 0.25) is 0 Å². The molecule has 1 fully saturated rings. The first-order valence-corrected chi connectivity index (χ1v) is 8.29. The first kappa shape index (κ1) is 16.9. The second-order valence-electron chi connectivity index (χ2n) is 6.49. The zero-order valence-corrected chi connectivity index (χ0v) is 14.9. The summed E-state index contributed by atoms with van der Waals surface area (Å²) in [5, 5.41) is 5.44. The molecule has 1 aromatic carbocycles. The Kier molecular flexibility index (Phi) is 4.60. The lowest BCUT2D eigenvalue weighted by Crippen LogP contribution is -2.32. The summed E-state index contributed by atoms with van der Waals surface area (Å²) in [6.45, 7) is 6.13. The van der Waals surface area contributed by atoms with E-state index in [4.69, 9.17) is 10.7 Å². The Labute approximate surface area is 147 Å². The van der Waals surface area contributed by atoms with Crippen LogP contribution >= 0.6 is 12.4 Å². The molecule has 1 aliphatic heterocycles. The fourth-order valence-corrected chi connectivity index (χ4v) is 3.47. The summed E-state index contributed by atoms with van der Waals surface area (Å²) in [6, 6.07) is 4.19. The molecular formula is C17H23ClN6. The molecule has 4 rings (SSSR count). The van der Waals surface area contributed by atoms with Crippen LogP contribution in [0.25, 0.3) is 16.6 Å². The van der Waals surface area contributed by atoms with E-state index in [1.807, 2.05) is 11.4 Å². The van der Waals surface area contributed by atoms with Gasteiger partial charge in [0.2, 0.25) is 5.95 Å². The fraction of sp³-hybridized carbons (Fsp3) is 0.471. The van der Waals surface area contributed by atoms with Gasteiger partial charge in [-0.2, -0.15) is 9.61 Å². The second kappa shape index (κ2) is 6.53. The molecule has 0 radical (unpaired) electrons. The lowest BCUT2D eigenvalue weighted by Gasteiger charge is -2.28. The summed E-state index contributed by atoms with van der Waals surface area (Å²) >= 11 is 0. The van der Waals surface area contributed by atoms with Crippen LogP contribution in [-0.2, 0) is 0 Å². The molecule has 24 heavy (non-hydrogen) atoms. The van der Waals surface area contributed by atoms with Gasteiger partial charge < -0.3 is 10.6 Å². The van der Waals surface area contributed by atoms with E-state index in [0.29, 0.717) is 0 Å². The molecule has 0 bridgehead atoms. The highest BCUT2D eigenvalue weighted by atomic mass is 35.5. The van der Waals surface area contributed by atoms with Crippen molar-refractivity contribution in [1.29, 1.82) is 0 Å². The maximum absolute atomic E-state index is 6.20. The molecule has 128 valence electrons. The highest BCUT2D eigenvalue weighted by Crippen LogP contribution is 2.29. The number of fused-ring (bicyclic) bond motifs is 3. The van der Waals surface area contributed by atoms with E-state index in [-0.39, 0.29) is 18.4 Å². The normalized spacial score (nSPS) is 16.4. The van der Waals surface area contributed by atoms with Crippen molar-refractivity contribution < 1.29 is 0 Å². The molecule has 0 spiro atoms. The summed E-state index contributed by atoms with van der Waals surface area (Å²) in [7, 11) is 0. The van der Waals surface area contributed by atoms with Crippen molar-refractivity contribution in [3.8, 4) is 0 Å². The number of hydrogen-bond acceptors (Lipinski definition) is 5. The minimum atomic E-state index is -0.0653. The quantitative estimate of drug-likeness (QED) is 0.772. The summed E-state index contributed by atoms with van der Waals surface area (Å²) in [5.41, 5.74) is 10.3. The smallest absolute Gasteiger partial charge is 0.229 e. The lowest BCUT2D eigenvalue weighted by atomic mass is 10.0. The van der Waals surface area contributed by atoms with Gasteiger partial charge in [0.25, 0.3) is 0 Å². The van der Waals surface area contributed by atoms with Crippen molar-refractivity contribution in [2.45, 2.75) is 39.2 Å².